The molecular formula is C20H26N6O3. The first-order valence-corrected chi connectivity index (χ1v) is 10.7. The SMILES string of the molecule is CN1CCc2[nH]nc(C(=O)N3C[C@@H]4C[C@H]3CN4C(=O)[C@@H]3NC(=O)[C@H]4CC[C@H]43)c2C1. The summed E-state index contributed by atoms with van der Waals surface area (Å²) in [5.74, 6) is 0.258. The average Bonchev–Trinajstić information content (AvgIpc) is 3.41. The van der Waals surface area contributed by atoms with Crippen LogP contribution in [0.1, 0.15) is 41.0 Å². The number of likely N-dealkylation sites (tertiary alicyclic amines) is 2. The Labute approximate surface area is 168 Å². The molecule has 4 fully saturated rings. The van der Waals surface area contributed by atoms with Crippen molar-refractivity contribution in [3.8, 4) is 0 Å². The highest BCUT2D eigenvalue weighted by molar-refractivity contribution is 5.96. The van der Waals surface area contributed by atoms with Crippen molar-refractivity contribution in [2.75, 3.05) is 26.7 Å². The number of nitrogens with one attached hydrogen (secondary N) is 2. The molecule has 1 aliphatic carbocycles. The molecule has 9 heteroatoms. The Balaban J connectivity index is 1.16. The Hall–Kier alpha value is -2.42. The fourth-order valence-corrected chi connectivity index (χ4v) is 5.97. The number of hydrogen-bond acceptors (Lipinski definition) is 5. The van der Waals surface area contributed by atoms with Crippen molar-refractivity contribution >= 4 is 17.7 Å². The molecule has 154 valence electrons. The van der Waals surface area contributed by atoms with E-state index < -0.39 is 0 Å². The lowest BCUT2D eigenvalue weighted by Crippen LogP contribution is -2.56. The van der Waals surface area contributed by atoms with Crippen LogP contribution in [0.2, 0.25) is 0 Å². The van der Waals surface area contributed by atoms with Gasteiger partial charge in [0.15, 0.2) is 5.69 Å². The van der Waals surface area contributed by atoms with Crippen LogP contribution in [0.5, 0.6) is 0 Å². The predicted octanol–water partition coefficient (Wildman–Crippen LogP) is -0.652. The van der Waals surface area contributed by atoms with Gasteiger partial charge in [-0.05, 0) is 32.2 Å². The molecular weight excluding hydrogens is 372 g/mol. The maximum absolute atomic E-state index is 13.2. The van der Waals surface area contributed by atoms with E-state index >= 15 is 0 Å². The van der Waals surface area contributed by atoms with Gasteiger partial charge >= 0.3 is 0 Å². The van der Waals surface area contributed by atoms with E-state index in [2.05, 4.69) is 27.5 Å². The molecule has 29 heavy (non-hydrogen) atoms. The highest BCUT2D eigenvalue weighted by Crippen LogP contribution is 2.43. The van der Waals surface area contributed by atoms with Crippen LogP contribution in [-0.4, -0.2) is 87.4 Å². The number of nitrogens with zero attached hydrogens (tertiary/aromatic N) is 4. The van der Waals surface area contributed by atoms with Gasteiger partial charge in [0, 0.05) is 49.8 Å². The van der Waals surface area contributed by atoms with Crippen molar-refractivity contribution in [1.29, 1.82) is 0 Å². The molecule has 3 saturated heterocycles. The summed E-state index contributed by atoms with van der Waals surface area (Å²) in [6.07, 6.45) is 3.55. The molecule has 3 amide bonds. The summed E-state index contributed by atoms with van der Waals surface area (Å²) < 4.78 is 0. The van der Waals surface area contributed by atoms with Gasteiger partial charge in [-0.1, -0.05) is 0 Å². The zero-order valence-electron chi connectivity index (χ0n) is 16.6. The van der Waals surface area contributed by atoms with Gasteiger partial charge in [0.2, 0.25) is 11.8 Å². The number of fused-ring (bicyclic) bond motifs is 4. The average molecular weight is 398 g/mol. The maximum atomic E-state index is 13.2. The predicted molar refractivity (Wildman–Crippen MR) is 102 cm³/mol. The van der Waals surface area contributed by atoms with E-state index in [1.165, 1.54) is 0 Å². The second kappa shape index (κ2) is 6.04. The summed E-state index contributed by atoms with van der Waals surface area (Å²) in [6, 6.07) is -0.275. The molecule has 1 aromatic rings. The number of piperazine rings is 1. The van der Waals surface area contributed by atoms with Gasteiger partial charge in [0.05, 0.1) is 12.1 Å². The molecule has 6 rings (SSSR count). The van der Waals surface area contributed by atoms with Gasteiger partial charge in [-0.3, -0.25) is 19.5 Å². The van der Waals surface area contributed by atoms with E-state index in [0.29, 0.717) is 18.8 Å². The Morgan fingerprint density at radius 1 is 1.14 bits per heavy atom. The molecule has 1 aromatic heterocycles. The van der Waals surface area contributed by atoms with Crippen LogP contribution < -0.4 is 5.32 Å². The van der Waals surface area contributed by atoms with Crippen molar-refractivity contribution in [1.82, 2.24) is 30.2 Å². The monoisotopic (exact) mass is 398 g/mol. The number of hydrogen-bond donors (Lipinski definition) is 2. The molecule has 2 N–H and O–H groups in total. The Morgan fingerprint density at radius 3 is 2.62 bits per heavy atom. The molecule has 0 radical (unpaired) electrons. The van der Waals surface area contributed by atoms with Gasteiger partial charge in [0.25, 0.3) is 5.91 Å². The second-order valence-electron chi connectivity index (χ2n) is 9.34. The molecule has 0 spiro atoms. The van der Waals surface area contributed by atoms with Crippen LogP contribution >= 0.6 is 0 Å². The molecule has 4 aliphatic heterocycles. The molecule has 0 unspecified atom stereocenters. The van der Waals surface area contributed by atoms with E-state index in [9.17, 15) is 14.4 Å². The van der Waals surface area contributed by atoms with Gasteiger partial charge in [0.1, 0.15) is 6.04 Å². The number of rotatable bonds is 2. The lowest BCUT2D eigenvalue weighted by Gasteiger charge is -2.37. The third kappa shape index (κ3) is 2.43. The molecule has 5 atom stereocenters. The van der Waals surface area contributed by atoms with E-state index in [4.69, 9.17) is 0 Å². The maximum Gasteiger partial charge on any atom is 0.275 e. The summed E-state index contributed by atoms with van der Waals surface area (Å²) in [5, 5.41) is 10.3. The van der Waals surface area contributed by atoms with E-state index in [0.717, 1.165) is 50.0 Å². The summed E-state index contributed by atoms with van der Waals surface area (Å²) in [6.45, 7) is 2.82. The molecule has 9 nitrogen and oxygen atoms in total. The third-order valence-corrected chi connectivity index (χ3v) is 7.77. The van der Waals surface area contributed by atoms with Crippen molar-refractivity contribution < 1.29 is 14.4 Å². The molecule has 5 aliphatic rings. The van der Waals surface area contributed by atoms with Crippen LogP contribution in [0, 0.1) is 11.8 Å². The van der Waals surface area contributed by atoms with Crippen molar-refractivity contribution in [3.63, 3.8) is 0 Å². The standard InChI is InChI=1S/C20H26N6O3/c1-24-5-4-15-14(9-24)17(23-22-15)20(29)26-8-10-6-11(26)7-25(10)19(28)16-12-2-3-13(12)18(27)21-16/h10-13,16H,2-9H2,1H3,(H,21,27)(H,22,23)/t10-,11-,12+,13-,16+/m0/s1. The minimum Gasteiger partial charge on any atom is -0.344 e. The van der Waals surface area contributed by atoms with Crippen molar-refractivity contribution in [3.05, 3.63) is 17.0 Å². The van der Waals surface area contributed by atoms with Crippen LogP contribution in [0.4, 0.5) is 0 Å². The quantitative estimate of drug-likeness (QED) is 0.689. The fraction of sp³-hybridized carbons (Fsp3) is 0.700. The highest BCUT2D eigenvalue weighted by atomic mass is 16.2. The van der Waals surface area contributed by atoms with Crippen LogP contribution in [-0.2, 0) is 22.6 Å². The Bertz CT molecular complexity index is 912. The van der Waals surface area contributed by atoms with E-state index in [1.807, 2.05) is 9.80 Å². The lowest BCUT2D eigenvalue weighted by atomic mass is 9.72. The van der Waals surface area contributed by atoms with Crippen LogP contribution in [0.25, 0.3) is 0 Å². The minimum atomic E-state index is -0.362. The molecule has 2 bridgehead atoms. The molecule has 5 heterocycles. The van der Waals surface area contributed by atoms with Gasteiger partial charge in [-0.15, -0.1) is 0 Å². The largest absolute Gasteiger partial charge is 0.344 e. The van der Waals surface area contributed by atoms with E-state index in [1.54, 1.807) is 0 Å². The number of amides is 3. The molecule has 0 aromatic carbocycles. The van der Waals surface area contributed by atoms with Crippen molar-refractivity contribution in [2.24, 2.45) is 11.8 Å². The number of carbonyl (C=O) groups excluding carboxylic acids is 3. The van der Waals surface area contributed by atoms with Gasteiger partial charge in [-0.2, -0.15) is 5.10 Å². The smallest absolute Gasteiger partial charge is 0.275 e. The number of carbonyl (C=O) groups is 3. The summed E-state index contributed by atoms with van der Waals surface area (Å²) in [7, 11) is 2.06. The lowest BCUT2D eigenvalue weighted by molar-refractivity contribution is -0.137. The first-order valence-electron chi connectivity index (χ1n) is 10.7. The highest BCUT2D eigenvalue weighted by Gasteiger charge is 2.55. The number of aromatic nitrogens is 2. The first kappa shape index (κ1) is 17.4. The first-order chi connectivity index (χ1) is 14.0. The number of H-pyrrole nitrogens is 1. The second-order valence-corrected chi connectivity index (χ2v) is 9.34. The minimum absolute atomic E-state index is 0.0226. The van der Waals surface area contributed by atoms with Crippen LogP contribution in [0.15, 0.2) is 0 Å². The fourth-order valence-electron chi connectivity index (χ4n) is 5.97. The topological polar surface area (TPSA) is 102 Å². The zero-order valence-corrected chi connectivity index (χ0v) is 16.6. The van der Waals surface area contributed by atoms with Gasteiger partial charge in [-0.25, -0.2) is 0 Å². The summed E-state index contributed by atoms with van der Waals surface area (Å²) >= 11 is 0. The summed E-state index contributed by atoms with van der Waals surface area (Å²) in [5.41, 5.74) is 2.63. The third-order valence-electron chi connectivity index (χ3n) is 7.77. The number of aromatic amines is 1. The molecule has 1 saturated carbocycles. The number of likely N-dealkylation sites (N-methyl/N-ethyl adjacent to an activating group) is 1. The summed E-state index contributed by atoms with van der Waals surface area (Å²) in [4.78, 5) is 44.3. The van der Waals surface area contributed by atoms with Crippen molar-refractivity contribution in [2.45, 2.75) is 50.4 Å². The Kier molecular flexibility index (Phi) is 3.63. The van der Waals surface area contributed by atoms with Crippen LogP contribution in [0.3, 0.4) is 0 Å². The van der Waals surface area contributed by atoms with Gasteiger partial charge < -0.3 is 20.0 Å². The Morgan fingerprint density at radius 2 is 1.93 bits per heavy atom. The van der Waals surface area contributed by atoms with E-state index in [-0.39, 0.29) is 47.7 Å². The normalized spacial score (nSPS) is 35.3. The zero-order chi connectivity index (χ0) is 19.9.